The summed E-state index contributed by atoms with van der Waals surface area (Å²) in [6.07, 6.45) is 4.32. The van der Waals surface area contributed by atoms with Crippen LogP contribution in [0.5, 0.6) is 34.5 Å². The minimum Gasteiger partial charge on any atom is -0.512 e. The number of phenols is 4. The van der Waals surface area contributed by atoms with Crippen LogP contribution in [0.2, 0.25) is 0 Å². The number of rotatable bonds is 18. The third kappa shape index (κ3) is 9.01. The third-order valence-electron chi connectivity index (χ3n) is 11.5. The van der Waals surface area contributed by atoms with Crippen LogP contribution in [0, 0.1) is 0 Å². The summed E-state index contributed by atoms with van der Waals surface area (Å²) in [5.74, 6) is -4.21. The molecule has 0 spiro atoms. The number of fused-ring (bicyclic) bond motifs is 4. The lowest BCUT2D eigenvalue weighted by Crippen LogP contribution is -2.32. The molecule has 2 aliphatic heterocycles. The standard InChI is InChI=1S/C46H56O14/c1-5-7-9-11-27(47)19-29(49)21-31-15-23-13-25-17-33(57-3)39(43(53)35(25)41(51)37(23)45(55)59-31)40-34(58-4)18-26-14-24-16-32(22-30(50)20-28(48)12-10-8-6-2)60-46(56)38(24)42(52)36(26)44(40)54/h13-14,17-19,27-28,30-32,47-54H,5-12,15-16,20-22H2,1-4H3/b29-19-. The molecule has 0 aromatic heterocycles. The highest BCUT2D eigenvalue weighted by Gasteiger charge is 2.36. The molecule has 324 valence electrons. The van der Waals surface area contributed by atoms with Gasteiger partial charge in [-0.15, -0.1) is 0 Å². The van der Waals surface area contributed by atoms with Crippen LogP contribution >= 0.6 is 0 Å². The first kappa shape index (κ1) is 44.1. The number of carbonyl (C=O) groups excluding carboxylic acids is 2. The van der Waals surface area contributed by atoms with Crippen molar-refractivity contribution in [2.75, 3.05) is 14.2 Å². The maximum atomic E-state index is 13.4. The number of methoxy groups -OCH3 is 2. The molecular weight excluding hydrogens is 776 g/mol. The van der Waals surface area contributed by atoms with Crippen LogP contribution in [-0.2, 0) is 22.3 Å². The van der Waals surface area contributed by atoms with Crippen molar-refractivity contribution in [1.82, 2.24) is 0 Å². The normalized spacial score (nSPS) is 18.1. The van der Waals surface area contributed by atoms with Gasteiger partial charge < -0.3 is 59.8 Å². The number of ether oxygens (including phenoxy) is 4. The number of aliphatic hydroxyl groups excluding tert-OH is 4. The molecule has 0 radical (unpaired) electrons. The fourth-order valence-electron chi connectivity index (χ4n) is 8.62. The van der Waals surface area contributed by atoms with Crippen LogP contribution < -0.4 is 9.47 Å². The summed E-state index contributed by atoms with van der Waals surface area (Å²) in [5, 5.41) is 89.3. The summed E-state index contributed by atoms with van der Waals surface area (Å²) in [4.78, 5) is 26.8. The quantitative estimate of drug-likeness (QED) is 0.0275. The minimum atomic E-state index is -0.929. The van der Waals surface area contributed by atoms with E-state index in [1.807, 2.05) is 6.92 Å². The van der Waals surface area contributed by atoms with Crippen molar-refractivity contribution >= 4 is 33.5 Å². The Labute approximate surface area is 348 Å². The fourth-order valence-corrected chi connectivity index (χ4v) is 8.62. The summed E-state index contributed by atoms with van der Waals surface area (Å²) < 4.78 is 22.6. The summed E-state index contributed by atoms with van der Waals surface area (Å²) in [6, 6.07) is 6.19. The average Bonchev–Trinajstić information content (AvgIpc) is 3.17. The van der Waals surface area contributed by atoms with Crippen molar-refractivity contribution in [2.24, 2.45) is 0 Å². The predicted molar refractivity (Wildman–Crippen MR) is 223 cm³/mol. The molecule has 0 saturated carbocycles. The van der Waals surface area contributed by atoms with Gasteiger partial charge in [-0.1, -0.05) is 52.4 Å². The van der Waals surface area contributed by atoms with Crippen LogP contribution in [0.1, 0.15) is 116 Å². The molecule has 14 heteroatoms. The smallest absolute Gasteiger partial charge is 0.342 e. The number of hydrogen-bond donors (Lipinski definition) is 8. The van der Waals surface area contributed by atoms with Crippen molar-refractivity contribution in [1.29, 1.82) is 0 Å². The fraction of sp³-hybridized carbons (Fsp3) is 0.478. The highest BCUT2D eigenvalue weighted by molar-refractivity contribution is 6.13. The van der Waals surface area contributed by atoms with Gasteiger partial charge in [0.05, 0.1) is 60.2 Å². The highest BCUT2D eigenvalue weighted by Crippen LogP contribution is 2.56. The molecule has 0 amide bonds. The number of benzene rings is 4. The summed E-state index contributed by atoms with van der Waals surface area (Å²) in [6.45, 7) is 4.11. The SMILES string of the molecule is CCCCCC(O)/C=C(\O)CC1Cc2cc3cc(OC)c(-c4c(OC)cc5cc6c(c(O)c5c4O)C(=O)OC(CC(O)CC(O)CCCCC)C6)c(O)c3c(O)c2C(=O)O1. The molecule has 5 atom stereocenters. The number of cyclic esters (lactones) is 2. The number of unbranched alkanes of at least 4 members (excludes halogenated alkanes) is 4. The van der Waals surface area contributed by atoms with Crippen LogP contribution in [0.4, 0.5) is 0 Å². The van der Waals surface area contributed by atoms with Crippen molar-refractivity contribution in [3.8, 4) is 45.6 Å². The maximum absolute atomic E-state index is 13.4. The average molecular weight is 833 g/mol. The van der Waals surface area contributed by atoms with Crippen molar-refractivity contribution in [2.45, 2.75) is 128 Å². The molecule has 8 N–H and O–H groups in total. The van der Waals surface area contributed by atoms with Gasteiger partial charge in [-0.2, -0.15) is 0 Å². The molecule has 2 heterocycles. The van der Waals surface area contributed by atoms with Crippen molar-refractivity contribution in [3.63, 3.8) is 0 Å². The van der Waals surface area contributed by atoms with E-state index in [9.17, 15) is 50.4 Å². The molecular formula is C46H56O14. The van der Waals surface area contributed by atoms with Gasteiger partial charge in [0.1, 0.15) is 57.8 Å². The number of carbonyl (C=O) groups is 2. The number of hydrogen-bond acceptors (Lipinski definition) is 14. The Morgan fingerprint density at radius 3 is 1.65 bits per heavy atom. The zero-order valence-electron chi connectivity index (χ0n) is 34.5. The van der Waals surface area contributed by atoms with Crippen LogP contribution in [0.25, 0.3) is 32.7 Å². The van der Waals surface area contributed by atoms with E-state index in [-0.39, 0.29) is 93.2 Å². The predicted octanol–water partition coefficient (Wildman–Crippen LogP) is 7.52. The van der Waals surface area contributed by atoms with E-state index in [4.69, 9.17) is 18.9 Å². The first-order chi connectivity index (χ1) is 28.7. The topological polar surface area (TPSA) is 233 Å². The lowest BCUT2D eigenvalue weighted by molar-refractivity contribution is 0.000636. The Morgan fingerprint density at radius 2 is 1.15 bits per heavy atom. The zero-order valence-corrected chi connectivity index (χ0v) is 34.5. The summed E-state index contributed by atoms with van der Waals surface area (Å²) >= 11 is 0. The van der Waals surface area contributed by atoms with E-state index in [0.29, 0.717) is 24.0 Å². The van der Waals surface area contributed by atoms with Gasteiger partial charge in [-0.05, 0) is 71.5 Å². The molecule has 2 aliphatic rings. The van der Waals surface area contributed by atoms with Gasteiger partial charge in [0, 0.05) is 25.7 Å². The second-order valence-electron chi connectivity index (χ2n) is 16.0. The second-order valence-corrected chi connectivity index (χ2v) is 16.0. The van der Waals surface area contributed by atoms with Gasteiger partial charge in [0.15, 0.2) is 0 Å². The Hall–Kier alpha value is -5.44. The van der Waals surface area contributed by atoms with E-state index in [1.165, 1.54) is 32.4 Å². The Morgan fingerprint density at radius 1 is 0.683 bits per heavy atom. The van der Waals surface area contributed by atoms with E-state index in [1.54, 1.807) is 12.1 Å². The maximum Gasteiger partial charge on any atom is 0.342 e. The van der Waals surface area contributed by atoms with Gasteiger partial charge in [-0.25, -0.2) is 9.59 Å². The number of aromatic hydroxyl groups is 4. The van der Waals surface area contributed by atoms with Gasteiger partial charge in [0.25, 0.3) is 0 Å². The number of aliphatic hydroxyl groups is 4. The molecule has 0 fully saturated rings. The molecule has 14 nitrogen and oxygen atoms in total. The first-order valence-electron chi connectivity index (χ1n) is 20.7. The Balaban J connectivity index is 1.35. The van der Waals surface area contributed by atoms with Gasteiger partial charge >= 0.3 is 11.9 Å². The van der Waals surface area contributed by atoms with Crippen LogP contribution in [0.15, 0.2) is 36.1 Å². The molecule has 6 rings (SSSR count). The van der Waals surface area contributed by atoms with Crippen molar-refractivity contribution < 1.29 is 69.4 Å². The summed E-state index contributed by atoms with van der Waals surface area (Å²) in [5.41, 5.74) is 0.111. The lowest BCUT2D eigenvalue weighted by Gasteiger charge is -2.28. The lowest BCUT2D eigenvalue weighted by atomic mass is 9.87. The molecule has 0 aliphatic carbocycles. The third-order valence-corrected chi connectivity index (χ3v) is 11.5. The van der Waals surface area contributed by atoms with Gasteiger partial charge in [0.2, 0.25) is 0 Å². The molecule has 60 heavy (non-hydrogen) atoms. The van der Waals surface area contributed by atoms with Crippen LogP contribution in [0.3, 0.4) is 0 Å². The minimum absolute atomic E-state index is 0.0219. The van der Waals surface area contributed by atoms with E-state index >= 15 is 0 Å². The Bertz CT molecular complexity index is 2280. The van der Waals surface area contributed by atoms with E-state index in [2.05, 4.69) is 6.92 Å². The second kappa shape index (κ2) is 18.9. The van der Waals surface area contributed by atoms with E-state index < -0.39 is 65.5 Å². The number of phenolic OH excluding ortho intramolecular Hbond substituents is 4. The molecule has 5 unspecified atom stereocenters. The van der Waals surface area contributed by atoms with Crippen molar-refractivity contribution in [3.05, 3.63) is 58.4 Å². The molecule has 0 saturated heterocycles. The number of esters is 2. The zero-order chi connectivity index (χ0) is 43.4. The molecule has 4 aromatic rings. The monoisotopic (exact) mass is 832 g/mol. The Kier molecular flexibility index (Phi) is 13.9. The van der Waals surface area contributed by atoms with E-state index in [0.717, 1.165) is 38.5 Å². The van der Waals surface area contributed by atoms with Gasteiger partial charge in [-0.3, -0.25) is 0 Å². The molecule has 0 bridgehead atoms. The largest absolute Gasteiger partial charge is 0.512 e. The molecule has 4 aromatic carbocycles. The highest BCUT2D eigenvalue weighted by atomic mass is 16.6. The van der Waals surface area contributed by atoms with Crippen LogP contribution in [-0.4, -0.2) is 97.5 Å². The summed E-state index contributed by atoms with van der Waals surface area (Å²) in [7, 11) is 2.66. The first-order valence-corrected chi connectivity index (χ1v) is 20.7.